The average Bonchev–Trinajstić information content (AvgIpc) is 0.988. The number of aromatic nitrogens is 2. The first-order valence-corrected chi connectivity index (χ1v) is 36.0. The standard InChI is InChI=1S/C94H77BN4O/c1-91(2)48-50-93(5,6)76-52-60(36-44-74(76)91)58-32-38-63(39-33-58)96-84-56-65(98-80-27-14-9-20-68(80)69-21-10-15-28-81(69)98)42-46-78(84)95-79-47-43-66(99-82-29-16-11-22-70(82)71-23-12-17-30-83(71)99)57-85(79)97(64-40-34-59(35-41-64)61-37-45-75-77(53-61)94(7,8)51-49-92(75,3)4)87-55-62(54-86(96)89(87)95)67-25-19-26-73-72-24-13-18-31-88(72)100-90(67)73/h9-47,52-57H,48-51H2,1-8H3. The summed E-state index contributed by atoms with van der Waals surface area (Å²) in [5.41, 5.74) is 32.4. The van der Waals surface area contributed by atoms with Gasteiger partial charge in [0.1, 0.15) is 11.2 Å². The SMILES string of the molecule is CC1(C)CCC(C)(C)c2cc(-c3ccc(N4c5cc(-n6c7ccccc7c7ccccc76)ccc5B5c6ccc(-n7c8ccccc8c8ccccc87)cc6N(c6ccc(-c7ccc8c(c7)C(C)(C)CCC8(C)C)cc6)c6cc(-c7cccc8c7oc7ccccc78)cc4c65)cc3)ccc21. The molecule has 6 heteroatoms. The summed E-state index contributed by atoms with van der Waals surface area (Å²) >= 11 is 0. The number of hydrogen-bond donors (Lipinski definition) is 0. The second-order valence-corrected chi connectivity index (χ2v) is 31.7. The van der Waals surface area contributed by atoms with Gasteiger partial charge in [-0.05, 0) is 205 Å². The molecule has 0 radical (unpaired) electrons. The predicted octanol–water partition coefficient (Wildman–Crippen LogP) is 23.6. The Bertz CT molecular complexity index is 5710. The second kappa shape index (κ2) is 21.2. The van der Waals surface area contributed by atoms with Gasteiger partial charge in [-0.3, -0.25) is 0 Å². The van der Waals surface area contributed by atoms with Gasteiger partial charge in [0.25, 0.3) is 6.71 Å². The molecule has 100 heavy (non-hydrogen) atoms. The number of anilines is 6. The summed E-state index contributed by atoms with van der Waals surface area (Å²) < 4.78 is 12.0. The van der Waals surface area contributed by atoms with Crippen molar-refractivity contribution < 1.29 is 4.42 Å². The smallest absolute Gasteiger partial charge is 0.252 e. The number of benzene rings is 13. The quantitative estimate of drug-likeness (QED) is 0.149. The molecule has 2 aliphatic heterocycles. The fourth-order valence-electron chi connectivity index (χ4n) is 18.5. The van der Waals surface area contributed by atoms with Gasteiger partial charge >= 0.3 is 0 Å². The molecule has 0 unspecified atom stereocenters. The van der Waals surface area contributed by atoms with E-state index >= 15 is 0 Å². The highest BCUT2D eigenvalue weighted by atomic mass is 16.3. The molecule has 0 atom stereocenters. The Morgan fingerprint density at radius 1 is 0.290 bits per heavy atom. The molecule has 4 aliphatic rings. The number of para-hydroxylation sites is 6. The van der Waals surface area contributed by atoms with Crippen molar-refractivity contribution in [2.75, 3.05) is 9.80 Å². The number of furan rings is 1. The Kier molecular flexibility index (Phi) is 12.5. The van der Waals surface area contributed by atoms with E-state index in [-0.39, 0.29) is 28.4 Å². The normalized spacial score (nSPS) is 16.1. The molecular weight excluding hydrogens is 1210 g/mol. The third-order valence-electron chi connectivity index (χ3n) is 24.1. The maximum atomic E-state index is 7.08. The van der Waals surface area contributed by atoms with Crippen molar-refractivity contribution >= 4 is 123 Å². The Balaban J connectivity index is 0.865. The first kappa shape index (κ1) is 59.0. The first-order chi connectivity index (χ1) is 48.5. The van der Waals surface area contributed by atoms with Gasteiger partial charge in [0.15, 0.2) is 0 Å². The summed E-state index contributed by atoms with van der Waals surface area (Å²) in [6, 6.07) is 104. The average molecular weight is 1290 g/mol. The lowest BCUT2D eigenvalue weighted by molar-refractivity contribution is 0.332. The highest BCUT2D eigenvalue weighted by Crippen LogP contribution is 2.53. The molecule has 0 fully saturated rings. The van der Waals surface area contributed by atoms with Gasteiger partial charge in [0.05, 0.1) is 22.1 Å². The van der Waals surface area contributed by atoms with E-state index in [0.29, 0.717) is 0 Å². The number of rotatable bonds is 7. The molecule has 20 rings (SSSR count). The van der Waals surface area contributed by atoms with Crippen LogP contribution < -0.4 is 26.2 Å². The summed E-state index contributed by atoms with van der Waals surface area (Å²) in [6.07, 6.45) is 4.70. The summed E-state index contributed by atoms with van der Waals surface area (Å²) in [4.78, 5) is 5.20. The lowest BCUT2D eigenvalue weighted by Crippen LogP contribution is -2.61. The fraction of sp³-hybridized carbons (Fsp3) is 0.170. The monoisotopic (exact) mass is 1290 g/mol. The molecule has 5 nitrogen and oxygen atoms in total. The number of fused-ring (bicyclic) bond motifs is 15. The Morgan fingerprint density at radius 2 is 0.660 bits per heavy atom. The van der Waals surface area contributed by atoms with Gasteiger partial charge in [-0.25, -0.2) is 0 Å². The second-order valence-electron chi connectivity index (χ2n) is 31.7. The molecular formula is C94H77BN4O. The maximum absolute atomic E-state index is 7.08. The van der Waals surface area contributed by atoms with E-state index in [9.17, 15) is 0 Å². The molecule has 0 N–H and O–H groups in total. The van der Waals surface area contributed by atoms with Crippen LogP contribution in [-0.2, 0) is 21.7 Å². The van der Waals surface area contributed by atoms with Gasteiger partial charge in [-0.2, -0.15) is 0 Å². The lowest BCUT2D eigenvalue weighted by atomic mass is 9.33. The zero-order chi connectivity index (χ0) is 67.3. The van der Waals surface area contributed by atoms with Crippen LogP contribution >= 0.6 is 0 Å². The Labute approximate surface area is 585 Å². The van der Waals surface area contributed by atoms with Crippen LogP contribution in [0.3, 0.4) is 0 Å². The Morgan fingerprint density at radius 3 is 1.10 bits per heavy atom. The van der Waals surface area contributed by atoms with Gasteiger partial charge in [0.2, 0.25) is 0 Å². The van der Waals surface area contributed by atoms with Crippen LogP contribution in [0.15, 0.2) is 277 Å². The van der Waals surface area contributed by atoms with Crippen LogP contribution in [0.2, 0.25) is 0 Å². The van der Waals surface area contributed by atoms with Crippen molar-refractivity contribution in [3.63, 3.8) is 0 Å². The van der Waals surface area contributed by atoms with E-state index in [2.05, 4.69) is 347 Å². The molecule has 5 heterocycles. The zero-order valence-corrected chi connectivity index (χ0v) is 58.1. The summed E-state index contributed by atoms with van der Waals surface area (Å²) in [5.74, 6) is 0. The first-order valence-electron chi connectivity index (χ1n) is 36.0. The van der Waals surface area contributed by atoms with Crippen LogP contribution in [0.5, 0.6) is 0 Å². The fourth-order valence-corrected chi connectivity index (χ4v) is 18.5. The molecule has 0 amide bonds. The zero-order valence-electron chi connectivity index (χ0n) is 58.1. The maximum Gasteiger partial charge on any atom is 0.252 e. The molecule has 13 aromatic carbocycles. The van der Waals surface area contributed by atoms with Gasteiger partial charge in [0, 0.05) is 83.4 Å². The molecule has 3 aromatic heterocycles. The van der Waals surface area contributed by atoms with Crippen LogP contribution in [0, 0.1) is 0 Å². The van der Waals surface area contributed by atoms with Gasteiger partial charge < -0.3 is 23.4 Å². The predicted molar refractivity (Wildman–Crippen MR) is 423 cm³/mol. The summed E-state index contributed by atoms with van der Waals surface area (Å²) in [6.45, 7) is 19.2. The number of nitrogens with zero attached hydrogens (tertiary/aromatic N) is 4. The van der Waals surface area contributed by atoms with Crippen molar-refractivity contribution in [3.05, 3.63) is 295 Å². The van der Waals surface area contributed by atoms with Gasteiger partial charge in [-0.15, -0.1) is 0 Å². The van der Waals surface area contributed by atoms with Crippen LogP contribution in [0.4, 0.5) is 34.1 Å². The summed E-state index contributed by atoms with van der Waals surface area (Å²) in [5, 5.41) is 7.16. The van der Waals surface area contributed by atoms with E-state index in [0.717, 1.165) is 91.4 Å². The third kappa shape index (κ3) is 8.68. The highest BCUT2D eigenvalue weighted by Gasteiger charge is 2.45. The topological polar surface area (TPSA) is 29.5 Å². The minimum Gasteiger partial charge on any atom is -0.455 e. The van der Waals surface area contributed by atoms with Crippen molar-refractivity contribution in [3.8, 4) is 44.8 Å². The molecule has 0 saturated heterocycles. The van der Waals surface area contributed by atoms with E-state index in [1.165, 1.54) is 117 Å². The van der Waals surface area contributed by atoms with Crippen LogP contribution in [-0.4, -0.2) is 15.8 Å². The third-order valence-corrected chi connectivity index (χ3v) is 24.1. The molecule has 482 valence electrons. The molecule has 0 bridgehead atoms. The lowest BCUT2D eigenvalue weighted by Gasteiger charge is -2.44. The Hall–Kier alpha value is -11.1. The van der Waals surface area contributed by atoms with E-state index in [4.69, 9.17) is 4.42 Å². The van der Waals surface area contributed by atoms with Crippen molar-refractivity contribution in [1.29, 1.82) is 0 Å². The highest BCUT2D eigenvalue weighted by molar-refractivity contribution is 7.00. The van der Waals surface area contributed by atoms with E-state index in [1.54, 1.807) is 0 Å². The van der Waals surface area contributed by atoms with E-state index in [1.807, 2.05) is 0 Å². The molecule has 16 aromatic rings. The molecule has 0 saturated carbocycles. The molecule has 0 spiro atoms. The number of hydrogen-bond acceptors (Lipinski definition) is 3. The van der Waals surface area contributed by atoms with Gasteiger partial charge in [-0.1, -0.05) is 237 Å². The largest absolute Gasteiger partial charge is 0.455 e. The van der Waals surface area contributed by atoms with Crippen LogP contribution in [0.25, 0.3) is 110 Å². The van der Waals surface area contributed by atoms with Crippen molar-refractivity contribution in [1.82, 2.24) is 9.13 Å². The minimum absolute atomic E-state index is 0.0808. The van der Waals surface area contributed by atoms with Crippen molar-refractivity contribution in [2.45, 2.75) is 103 Å². The van der Waals surface area contributed by atoms with Crippen LogP contribution in [0.1, 0.15) is 103 Å². The van der Waals surface area contributed by atoms with Crippen molar-refractivity contribution in [2.24, 2.45) is 0 Å². The summed E-state index contributed by atoms with van der Waals surface area (Å²) in [7, 11) is 0. The van der Waals surface area contributed by atoms with E-state index < -0.39 is 0 Å². The molecule has 2 aliphatic carbocycles. The minimum atomic E-state index is -0.178.